The molecule has 0 aliphatic carbocycles. The molecule has 0 atom stereocenters. The number of hydrogen-bond donors (Lipinski definition) is 1. The molecule has 25 heavy (non-hydrogen) atoms. The number of nitrogens with one attached hydrogen (secondary N) is 1. The van der Waals surface area contributed by atoms with Gasteiger partial charge in [0.1, 0.15) is 0 Å². The Hall–Kier alpha value is -1.89. The normalized spacial score (nSPS) is 14.5. The molecule has 2 aromatic rings. The molecule has 1 heterocycles. The largest absolute Gasteiger partial charge is 0.378 e. The molecule has 0 unspecified atom stereocenters. The average molecular weight is 387 g/mol. The number of carbonyl (C=O) groups excluding carboxylic acids is 1. The van der Waals surface area contributed by atoms with Crippen LogP contribution in [0.3, 0.4) is 0 Å². The maximum Gasteiger partial charge on any atom is 0.257 e. The van der Waals surface area contributed by atoms with Crippen molar-refractivity contribution >= 4 is 40.5 Å². The van der Waals surface area contributed by atoms with Gasteiger partial charge in [-0.15, -0.1) is 0 Å². The lowest BCUT2D eigenvalue weighted by atomic mass is 10.1. The summed E-state index contributed by atoms with van der Waals surface area (Å²) in [6, 6.07) is 6.63. The molecule has 1 aliphatic heterocycles. The zero-order valence-electron chi connectivity index (χ0n) is 13.0. The monoisotopic (exact) mass is 386 g/mol. The van der Waals surface area contributed by atoms with Crippen molar-refractivity contribution in [2.75, 3.05) is 36.5 Å². The van der Waals surface area contributed by atoms with E-state index in [0.29, 0.717) is 42.7 Å². The summed E-state index contributed by atoms with van der Waals surface area (Å²) in [5.41, 5.74) is 0.952. The second-order valence-corrected chi connectivity index (χ2v) is 6.25. The molecule has 1 saturated heterocycles. The smallest absolute Gasteiger partial charge is 0.257 e. The fourth-order valence-electron chi connectivity index (χ4n) is 2.61. The predicted molar refractivity (Wildman–Crippen MR) is 93.8 cm³/mol. The number of rotatable bonds is 3. The first-order valence-electron chi connectivity index (χ1n) is 7.54. The molecule has 8 heteroatoms. The van der Waals surface area contributed by atoms with Gasteiger partial charge in [0.05, 0.1) is 40.2 Å². The summed E-state index contributed by atoms with van der Waals surface area (Å²) in [5, 5.41) is 2.97. The molecule has 1 N–H and O–H groups in total. The second kappa shape index (κ2) is 7.56. The van der Waals surface area contributed by atoms with Crippen LogP contribution in [-0.2, 0) is 4.74 Å². The summed E-state index contributed by atoms with van der Waals surface area (Å²) in [5.74, 6) is -2.91. The van der Waals surface area contributed by atoms with Crippen molar-refractivity contribution in [1.29, 1.82) is 0 Å². The van der Waals surface area contributed by atoms with Crippen LogP contribution in [0.2, 0.25) is 10.0 Å². The number of benzene rings is 2. The van der Waals surface area contributed by atoms with Crippen LogP contribution in [0.1, 0.15) is 10.4 Å². The van der Waals surface area contributed by atoms with E-state index >= 15 is 0 Å². The van der Waals surface area contributed by atoms with E-state index in [1.807, 2.05) is 4.90 Å². The maximum atomic E-state index is 13.4. The van der Waals surface area contributed by atoms with Crippen LogP contribution >= 0.6 is 23.2 Å². The number of nitrogens with zero attached hydrogens (tertiary/aromatic N) is 1. The predicted octanol–water partition coefficient (Wildman–Crippen LogP) is 4.36. The van der Waals surface area contributed by atoms with E-state index in [-0.39, 0.29) is 10.6 Å². The van der Waals surface area contributed by atoms with E-state index in [0.717, 1.165) is 12.1 Å². The van der Waals surface area contributed by atoms with E-state index in [1.54, 1.807) is 18.2 Å². The van der Waals surface area contributed by atoms with Crippen LogP contribution in [-0.4, -0.2) is 32.2 Å². The molecule has 0 aromatic heterocycles. The highest BCUT2D eigenvalue weighted by molar-refractivity contribution is 6.35. The first-order valence-corrected chi connectivity index (χ1v) is 8.30. The first-order chi connectivity index (χ1) is 12.0. The molecule has 2 aromatic carbocycles. The third kappa shape index (κ3) is 3.86. The van der Waals surface area contributed by atoms with Crippen molar-refractivity contribution in [3.8, 4) is 0 Å². The number of morpholine rings is 1. The van der Waals surface area contributed by atoms with E-state index < -0.39 is 17.5 Å². The van der Waals surface area contributed by atoms with Gasteiger partial charge in [-0.25, -0.2) is 8.78 Å². The van der Waals surface area contributed by atoms with Gasteiger partial charge in [0.2, 0.25) is 0 Å². The quantitative estimate of drug-likeness (QED) is 0.796. The van der Waals surface area contributed by atoms with Gasteiger partial charge in [-0.1, -0.05) is 29.3 Å². The molecule has 0 radical (unpaired) electrons. The van der Waals surface area contributed by atoms with Crippen LogP contribution in [0.4, 0.5) is 20.2 Å². The maximum absolute atomic E-state index is 13.4. The van der Waals surface area contributed by atoms with Crippen LogP contribution in [0.15, 0.2) is 30.3 Å². The standard InChI is InChI=1S/C17H14Cl2F2N2O2/c18-11-2-1-3-15(16(11)23-4-6-25-7-5-23)22-17(24)10-8-13(20)14(21)9-12(10)19/h1-3,8-9H,4-7H2,(H,22,24). The van der Waals surface area contributed by atoms with Gasteiger partial charge in [-0.05, 0) is 24.3 Å². The lowest BCUT2D eigenvalue weighted by Gasteiger charge is -2.31. The zero-order valence-corrected chi connectivity index (χ0v) is 14.5. The van der Waals surface area contributed by atoms with Gasteiger partial charge in [-0.3, -0.25) is 4.79 Å². The number of para-hydroxylation sites is 1. The molecule has 132 valence electrons. The minimum Gasteiger partial charge on any atom is -0.378 e. The van der Waals surface area contributed by atoms with Gasteiger partial charge in [0, 0.05) is 13.1 Å². The summed E-state index contributed by atoms with van der Waals surface area (Å²) in [7, 11) is 0. The minimum atomic E-state index is -1.14. The second-order valence-electron chi connectivity index (χ2n) is 5.44. The van der Waals surface area contributed by atoms with E-state index in [9.17, 15) is 13.6 Å². The Kier molecular flexibility index (Phi) is 5.42. The van der Waals surface area contributed by atoms with Crippen molar-refractivity contribution in [3.63, 3.8) is 0 Å². The van der Waals surface area contributed by atoms with Gasteiger partial charge >= 0.3 is 0 Å². The van der Waals surface area contributed by atoms with Crippen molar-refractivity contribution in [2.24, 2.45) is 0 Å². The fraction of sp³-hybridized carbons (Fsp3) is 0.235. The Morgan fingerprint density at radius 2 is 1.76 bits per heavy atom. The number of amides is 1. The van der Waals surface area contributed by atoms with E-state index in [1.165, 1.54) is 0 Å². The topological polar surface area (TPSA) is 41.6 Å². The Morgan fingerprint density at radius 1 is 1.08 bits per heavy atom. The third-order valence-corrected chi connectivity index (χ3v) is 4.43. The Labute approximate surface area is 153 Å². The molecule has 0 saturated carbocycles. The van der Waals surface area contributed by atoms with Crippen molar-refractivity contribution in [1.82, 2.24) is 0 Å². The highest BCUT2D eigenvalue weighted by Gasteiger charge is 2.21. The number of anilines is 2. The first kappa shape index (κ1) is 17.9. The summed E-state index contributed by atoms with van der Waals surface area (Å²) in [4.78, 5) is 14.5. The Balaban J connectivity index is 1.91. The molecular formula is C17H14Cl2F2N2O2. The highest BCUT2D eigenvalue weighted by Crippen LogP contribution is 2.35. The van der Waals surface area contributed by atoms with Gasteiger partial charge < -0.3 is 15.0 Å². The summed E-state index contributed by atoms with van der Waals surface area (Å²) in [6.07, 6.45) is 0. The Morgan fingerprint density at radius 3 is 2.48 bits per heavy atom. The van der Waals surface area contributed by atoms with Gasteiger partial charge in [0.25, 0.3) is 5.91 Å². The van der Waals surface area contributed by atoms with E-state index in [2.05, 4.69) is 5.32 Å². The number of ether oxygens (including phenoxy) is 1. The molecule has 3 rings (SSSR count). The summed E-state index contributed by atoms with van der Waals surface area (Å²) in [6.45, 7) is 2.35. The minimum absolute atomic E-state index is 0.159. The number of hydrogen-bond acceptors (Lipinski definition) is 3. The zero-order chi connectivity index (χ0) is 18.0. The Bertz CT molecular complexity index is 811. The summed E-state index contributed by atoms with van der Waals surface area (Å²) < 4.78 is 31.9. The van der Waals surface area contributed by atoms with Crippen molar-refractivity contribution in [3.05, 3.63) is 57.6 Å². The van der Waals surface area contributed by atoms with Crippen molar-refractivity contribution in [2.45, 2.75) is 0 Å². The molecule has 0 spiro atoms. The van der Waals surface area contributed by atoms with Crippen LogP contribution in [0.5, 0.6) is 0 Å². The molecule has 1 fully saturated rings. The van der Waals surface area contributed by atoms with Crippen LogP contribution in [0.25, 0.3) is 0 Å². The lowest BCUT2D eigenvalue weighted by molar-refractivity contribution is 0.102. The molecule has 1 amide bonds. The average Bonchev–Trinajstić information content (AvgIpc) is 2.59. The van der Waals surface area contributed by atoms with E-state index in [4.69, 9.17) is 27.9 Å². The fourth-order valence-corrected chi connectivity index (χ4v) is 3.14. The van der Waals surface area contributed by atoms with Gasteiger partial charge in [0.15, 0.2) is 11.6 Å². The molecule has 4 nitrogen and oxygen atoms in total. The SMILES string of the molecule is O=C(Nc1cccc(Cl)c1N1CCOCC1)c1cc(F)c(F)cc1Cl. The number of carbonyl (C=O) groups is 1. The summed E-state index contributed by atoms with van der Waals surface area (Å²) >= 11 is 12.2. The highest BCUT2D eigenvalue weighted by atomic mass is 35.5. The van der Waals surface area contributed by atoms with Crippen molar-refractivity contribution < 1.29 is 18.3 Å². The molecule has 1 aliphatic rings. The van der Waals surface area contributed by atoms with Gasteiger partial charge in [-0.2, -0.15) is 0 Å². The lowest BCUT2D eigenvalue weighted by Crippen LogP contribution is -2.37. The van der Waals surface area contributed by atoms with Crippen LogP contribution in [0, 0.1) is 11.6 Å². The third-order valence-electron chi connectivity index (χ3n) is 3.82. The molecule has 0 bridgehead atoms. The van der Waals surface area contributed by atoms with Crippen LogP contribution < -0.4 is 10.2 Å². The number of halogens is 4. The molecular weight excluding hydrogens is 373 g/mol.